The molecule has 0 saturated carbocycles. The van der Waals surface area contributed by atoms with Gasteiger partial charge in [0.15, 0.2) is 5.75 Å². The van der Waals surface area contributed by atoms with Crippen molar-refractivity contribution in [3.8, 4) is 0 Å². The minimum atomic E-state index is -3.79. The number of nitrogens with one attached hydrogen (secondary N) is 1. The Bertz CT molecular complexity index is 547. The Balaban J connectivity index is 2.79. The summed E-state index contributed by atoms with van der Waals surface area (Å²) in [5.74, 6) is -1.52. The summed E-state index contributed by atoms with van der Waals surface area (Å²) in [6.07, 6.45) is 0. The molecule has 0 unspecified atom stereocenters. The molecule has 18 heavy (non-hydrogen) atoms. The number of benzene rings is 1. The van der Waals surface area contributed by atoms with Crippen LogP contribution in [0.3, 0.4) is 0 Å². The van der Waals surface area contributed by atoms with Crippen LogP contribution in [0.5, 0.6) is 0 Å². The highest BCUT2D eigenvalue weighted by atomic mass is 79.9. The van der Waals surface area contributed by atoms with Gasteiger partial charge in [-0.25, -0.2) is 8.42 Å². The van der Waals surface area contributed by atoms with E-state index in [9.17, 15) is 13.2 Å². The minimum absolute atomic E-state index is 0.138. The van der Waals surface area contributed by atoms with Crippen molar-refractivity contribution in [1.29, 1.82) is 0 Å². The second-order valence-corrected chi connectivity index (χ2v) is 6.30. The number of rotatable bonds is 5. The number of hydrogen-bond donors (Lipinski definition) is 1. The summed E-state index contributed by atoms with van der Waals surface area (Å²) in [4.78, 5) is 11.1. The third-order valence-electron chi connectivity index (χ3n) is 1.81. The predicted molar refractivity (Wildman–Crippen MR) is 73.2 cm³/mol. The molecular formula is C10H11BrClNO4S. The molecule has 0 saturated heterocycles. The monoisotopic (exact) mass is 355 g/mol. The van der Waals surface area contributed by atoms with Gasteiger partial charge in [-0.05, 0) is 41.1 Å². The van der Waals surface area contributed by atoms with Crippen molar-refractivity contribution in [3.63, 3.8) is 0 Å². The lowest BCUT2D eigenvalue weighted by molar-refractivity contribution is -0.139. The number of sulfonamides is 1. The maximum Gasteiger partial charge on any atom is 0.323 e. The van der Waals surface area contributed by atoms with Crippen molar-refractivity contribution in [2.45, 2.75) is 6.92 Å². The van der Waals surface area contributed by atoms with Crippen LogP contribution in [0.15, 0.2) is 22.7 Å². The summed E-state index contributed by atoms with van der Waals surface area (Å²) in [6.45, 7) is 1.74. The van der Waals surface area contributed by atoms with Gasteiger partial charge in [-0.15, -0.1) is 0 Å². The standard InChI is InChI=1S/C10H11BrClNO4S/c1-2-17-10(14)6-18(15,16)13-9-4-3-7(12)5-8(9)11/h3-5,13H,2,6H2,1H3. The topological polar surface area (TPSA) is 72.5 Å². The highest BCUT2D eigenvalue weighted by molar-refractivity contribution is 9.10. The van der Waals surface area contributed by atoms with Crippen LogP contribution >= 0.6 is 27.5 Å². The Hall–Kier alpha value is -0.790. The smallest absolute Gasteiger partial charge is 0.323 e. The first-order chi connectivity index (χ1) is 8.34. The van der Waals surface area contributed by atoms with Gasteiger partial charge in [-0.1, -0.05) is 11.6 Å². The van der Waals surface area contributed by atoms with E-state index >= 15 is 0 Å². The molecule has 1 aromatic carbocycles. The fourth-order valence-electron chi connectivity index (χ4n) is 1.13. The van der Waals surface area contributed by atoms with Gasteiger partial charge in [-0.2, -0.15) is 0 Å². The van der Waals surface area contributed by atoms with Crippen LogP contribution < -0.4 is 4.72 Å². The third-order valence-corrected chi connectivity index (χ3v) is 3.85. The van der Waals surface area contributed by atoms with Gasteiger partial charge >= 0.3 is 5.97 Å². The van der Waals surface area contributed by atoms with Crippen LogP contribution in [0, 0.1) is 0 Å². The van der Waals surface area contributed by atoms with E-state index in [2.05, 4.69) is 25.4 Å². The summed E-state index contributed by atoms with van der Waals surface area (Å²) >= 11 is 8.90. The number of halogens is 2. The van der Waals surface area contributed by atoms with Crippen LogP contribution in [-0.4, -0.2) is 26.7 Å². The molecule has 0 heterocycles. The van der Waals surface area contributed by atoms with Gasteiger partial charge in [0.2, 0.25) is 10.0 Å². The molecule has 0 radical (unpaired) electrons. The van der Waals surface area contributed by atoms with Gasteiger partial charge in [0.05, 0.1) is 12.3 Å². The Morgan fingerprint density at radius 3 is 2.72 bits per heavy atom. The average Bonchev–Trinajstić information content (AvgIpc) is 2.21. The van der Waals surface area contributed by atoms with Gasteiger partial charge in [0.25, 0.3) is 0 Å². The first kappa shape index (κ1) is 15.3. The molecule has 0 aliphatic rings. The molecule has 0 spiro atoms. The Morgan fingerprint density at radius 2 is 2.17 bits per heavy atom. The SMILES string of the molecule is CCOC(=O)CS(=O)(=O)Nc1ccc(Cl)cc1Br. The van der Waals surface area contributed by atoms with Gasteiger partial charge in [0, 0.05) is 9.50 Å². The van der Waals surface area contributed by atoms with E-state index in [1.165, 1.54) is 12.1 Å². The van der Waals surface area contributed by atoms with E-state index in [4.69, 9.17) is 11.6 Å². The molecule has 1 N–H and O–H groups in total. The number of hydrogen-bond acceptors (Lipinski definition) is 4. The molecule has 5 nitrogen and oxygen atoms in total. The van der Waals surface area contributed by atoms with Crippen LogP contribution in [0.2, 0.25) is 5.02 Å². The second-order valence-electron chi connectivity index (χ2n) is 3.29. The molecular weight excluding hydrogens is 346 g/mol. The van der Waals surface area contributed by atoms with Crippen molar-refractivity contribution in [2.24, 2.45) is 0 Å². The number of ether oxygens (including phenoxy) is 1. The minimum Gasteiger partial charge on any atom is -0.465 e. The number of carbonyl (C=O) groups is 1. The normalized spacial score (nSPS) is 11.1. The molecule has 0 aromatic heterocycles. The molecule has 0 aliphatic carbocycles. The van der Waals surface area contributed by atoms with E-state index in [0.29, 0.717) is 15.2 Å². The fraction of sp³-hybridized carbons (Fsp3) is 0.300. The molecule has 0 aliphatic heterocycles. The van der Waals surface area contributed by atoms with Crippen molar-refractivity contribution in [2.75, 3.05) is 17.1 Å². The molecule has 1 aromatic rings. The van der Waals surface area contributed by atoms with Crippen LogP contribution in [0.1, 0.15) is 6.92 Å². The van der Waals surface area contributed by atoms with Gasteiger partial charge < -0.3 is 4.74 Å². The van der Waals surface area contributed by atoms with Crippen molar-refractivity contribution < 1.29 is 17.9 Å². The molecule has 0 atom stereocenters. The Labute approximate surface area is 119 Å². The molecule has 0 bridgehead atoms. The number of carbonyl (C=O) groups excluding carboxylic acids is 1. The lowest BCUT2D eigenvalue weighted by Gasteiger charge is -2.09. The average molecular weight is 357 g/mol. The van der Waals surface area contributed by atoms with Gasteiger partial charge in [-0.3, -0.25) is 9.52 Å². The van der Waals surface area contributed by atoms with Crippen molar-refractivity contribution in [1.82, 2.24) is 0 Å². The maximum absolute atomic E-state index is 11.7. The molecule has 8 heteroatoms. The zero-order chi connectivity index (χ0) is 13.8. The first-order valence-corrected chi connectivity index (χ1v) is 7.77. The van der Waals surface area contributed by atoms with E-state index in [-0.39, 0.29) is 6.61 Å². The summed E-state index contributed by atoms with van der Waals surface area (Å²) in [7, 11) is -3.79. The highest BCUT2D eigenvalue weighted by Gasteiger charge is 2.18. The highest BCUT2D eigenvalue weighted by Crippen LogP contribution is 2.26. The largest absolute Gasteiger partial charge is 0.465 e. The summed E-state index contributed by atoms with van der Waals surface area (Å²) in [5, 5.41) is 0.468. The lowest BCUT2D eigenvalue weighted by atomic mass is 10.3. The molecule has 0 fully saturated rings. The quantitative estimate of drug-likeness (QED) is 0.822. The maximum atomic E-state index is 11.7. The van der Waals surface area contributed by atoms with Crippen LogP contribution in [0.25, 0.3) is 0 Å². The Kier molecular flexibility index (Phi) is 5.43. The zero-order valence-electron chi connectivity index (χ0n) is 9.44. The summed E-state index contributed by atoms with van der Waals surface area (Å²) in [6, 6.07) is 4.58. The van der Waals surface area contributed by atoms with E-state index < -0.39 is 21.7 Å². The summed E-state index contributed by atoms with van der Waals surface area (Å²) in [5.41, 5.74) is 0.309. The number of esters is 1. The second kappa shape index (κ2) is 6.40. The van der Waals surface area contributed by atoms with E-state index in [1.54, 1.807) is 13.0 Å². The van der Waals surface area contributed by atoms with E-state index in [1.807, 2.05) is 0 Å². The molecule has 100 valence electrons. The van der Waals surface area contributed by atoms with Crippen LogP contribution in [-0.2, 0) is 19.6 Å². The van der Waals surface area contributed by atoms with Crippen molar-refractivity contribution >= 4 is 49.2 Å². The summed E-state index contributed by atoms with van der Waals surface area (Å²) < 4.78 is 30.6. The van der Waals surface area contributed by atoms with E-state index in [0.717, 1.165) is 0 Å². The third kappa shape index (κ3) is 4.83. The van der Waals surface area contributed by atoms with Crippen LogP contribution in [0.4, 0.5) is 5.69 Å². The predicted octanol–water partition coefficient (Wildman–Crippen LogP) is 2.41. The lowest BCUT2D eigenvalue weighted by Crippen LogP contribution is -2.24. The fourth-order valence-corrected chi connectivity index (χ4v) is 3.03. The molecule has 1 rings (SSSR count). The Morgan fingerprint density at radius 1 is 1.50 bits per heavy atom. The van der Waals surface area contributed by atoms with Crippen molar-refractivity contribution in [3.05, 3.63) is 27.7 Å². The zero-order valence-corrected chi connectivity index (χ0v) is 12.6. The first-order valence-electron chi connectivity index (χ1n) is 4.95. The van der Waals surface area contributed by atoms with Gasteiger partial charge in [0.1, 0.15) is 0 Å². The molecule has 0 amide bonds. The number of anilines is 1.